The van der Waals surface area contributed by atoms with E-state index in [0.717, 1.165) is 11.3 Å². The number of hydrogen-bond acceptors (Lipinski definition) is 5. The van der Waals surface area contributed by atoms with Crippen LogP contribution in [0.3, 0.4) is 0 Å². The van der Waals surface area contributed by atoms with Gasteiger partial charge in [0.15, 0.2) is 0 Å². The zero-order valence-corrected chi connectivity index (χ0v) is 15.2. The van der Waals surface area contributed by atoms with Crippen molar-refractivity contribution in [3.63, 3.8) is 0 Å². The van der Waals surface area contributed by atoms with Crippen molar-refractivity contribution in [1.82, 2.24) is 14.5 Å². The summed E-state index contributed by atoms with van der Waals surface area (Å²) in [6.07, 6.45) is 2.94. The number of carbonyl (C=O) groups excluding carboxylic acids is 1. The summed E-state index contributed by atoms with van der Waals surface area (Å²) in [6.45, 7) is 3.98. The highest BCUT2D eigenvalue weighted by molar-refractivity contribution is 7.71. The number of esters is 1. The van der Waals surface area contributed by atoms with E-state index in [9.17, 15) is 9.59 Å². The van der Waals surface area contributed by atoms with Gasteiger partial charge in [-0.1, -0.05) is 29.9 Å². The molecular formula is C19H17N3O3S. The smallest absolute Gasteiger partial charge is 0.339 e. The van der Waals surface area contributed by atoms with Crippen LogP contribution in [0.15, 0.2) is 53.7 Å². The fourth-order valence-electron chi connectivity index (χ4n) is 2.45. The van der Waals surface area contributed by atoms with E-state index < -0.39 is 5.97 Å². The molecule has 0 fully saturated rings. The number of pyridine rings is 1. The van der Waals surface area contributed by atoms with Crippen molar-refractivity contribution >= 4 is 18.2 Å². The van der Waals surface area contributed by atoms with Crippen LogP contribution in [-0.4, -0.2) is 27.1 Å². The number of hydrogen-bond donors (Lipinski definition) is 1. The Balaban J connectivity index is 2.03. The quantitative estimate of drug-likeness (QED) is 0.565. The van der Waals surface area contributed by atoms with Crippen LogP contribution >= 0.6 is 12.2 Å². The number of ether oxygens (including phenoxy) is 1. The van der Waals surface area contributed by atoms with Gasteiger partial charge in [-0.05, 0) is 32.0 Å². The number of nitrogens with zero attached hydrogens (tertiary/aromatic N) is 2. The molecule has 3 aromatic rings. The number of nitrogens with one attached hydrogen (secondary N) is 1. The Labute approximate surface area is 155 Å². The zero-order chi connectivity index (χ0) is 18.7. The summed E-state index contributed by atoms with van der Waals surface area (Å²) in [5.74, 6) is -0.465. The Morgan fingerprint density at radius 3 is 2.65 bits per heavy atom. The third-order valence-corrected chi connectivity index (χ3v) is 4.15. The first-order valence-electron chi connectivity index (χ1n) is 8.05. The van der Waals surface area contributed by atoms with E-state index in [1.54, 1.807) is 13.0 Å². The molecule has 7 heteroatoms. The maximum absolute atomic E-state index is 12.5. The van der Waals surface area contributed by atoms with E-state index in [4.69, 9.17) is 17.0 Å². The molecule has 0 aliphatic heterocycles. The summed E-state index contributed by atoms with van der Waals surface area (Å²) in [4.78, 5) is 31.6. The highest BCUT2D eigenvalue weighted by atomic mass is 32.1. The van der Waals surface area contributed by atoms with Gasteiger partial charge in [-0.2, -0.15) is 0 Å². The number of aromatic nitrogens is 3. The summed E-state index contributed by atoms with van der Waals surface area (Å²) in [7, 11) is 0. The lowest BCUT2D eigenvalue weighted by molar-refractivity contribution is 0.0526. The molecule has 1 N–H and O–H groups in total. The molecule has 132 valence electrons. The van der Waals surface area contributed by atoms with E-state index in [0.29, 0.717) is 21.5 Å². The topological polar surface area (TPSA) is 77.0 Å². The Morgan fingerprint density at radius 2 is 2.00 bits per heavy atom. The highest BCUT2D eigenvalue weighted by Crippen LogP contribution is 2.18. The molecule has 2 heterocycles. The maximum atomic E-state index is 12.5. The molecule has 1 aromatic carbocycles. The van der Waals surface area contributed by atoms with E-state index in [1.807, 2.05) is 31.2 Å². The summed E-state index contributed by atoms with van der Waals surface area (Å²) in [5, 5.41) is 0. The largest absolute Gasteiger partial charge is 0.462 e. The second-order valence-corrected chi connectivity index (χ2v) is 6.08. The van der Waals surface area contributed by atoms with Crippen molar-refractivity contribution < 1.29 is 9.53 Å². The first-order valence-corrected chi connectivity index (χ1v) is 8.46. The zero-order valence-electron chi connectivity index (χ0n) is 14.4. The van der Waals surface area contributed by atoms with E-state index in [-0.39, 0.29) is 12.2 Å². The molecular weight excluding hydrogens is 350 g/mol. The molecule has 6 nitrogen and oxygen atoms in total. The van der Waals surface area contributed by atoms with E-state index >= 15 is 0 Å². The van der Waals surface area contributed by atoms with Crippen molar-refractivity contribution in [3.8, 4) is 16.9 Å². The molecule has 26 heavy (non-hydrogen) atoms. The second-order valence-electron chi connectivity index (χ2n) is 5.67. The highest BCUT2D eigenvalue weighted by Gasteiger charge is 2.12. The monoisotopic (exact) mass is 367 g/mol. The Hall–Kier alpha value is -3.06. The second kappa shape index (κ2) is 7.45. The van der Waals surface area contributed by atoms with Crippen molar-refractivity contribution in [2.24, 2.45) is 0 Å². The van der Waals surface area contributed by atoms with Crippen LogP contribution in [0.25, 0.3) is 16.9 Å². The van der Waals surface area contributed by atoms with Gasteiger partial charge in [0.1, 0.15) is 11.0 Å². The Kier molecular flexibility index (Phi) is 5.09. The normalized spacial score (nSPS) is 10.5. The number of rotatable bonds is 4. The average molecular weight is 367 g/mol. The van der Waals surface area contributed by atoms with Gasteiger partial charge < -0.3 is 9.72 Å². The molecule has 0 radical (unpaired) electrons. The summed E-state index contributed by atoms with van der Waals surface area (Å²) in [5.41, 5.74) is 2.80. The standard InChI is InChI=1S/C19H17N3O3S/c1-3-25-19(24)13-8-15(18(26)20-10-13)16-9-17(23)22(11-21-16)14-6-4-12(2)5-7-14/h4-11H,3H2,1-2H3,(H,20,26). The average Bonchev–Trinajstić information content (AvgIpc) is 2.63. The number of carbonyl (C=O) groups is 1. The minimum absolute atomic E-state index is 0.241. The number of H-pyrrole nitrogens is 1. The van der Waals surface area contributed by atoms with Crippen molar-refractivity contribution in [2.45, 2.75) is 13.8 Å². The molecule has 0 unspecified atom stereocenters. The lowest BCUT2D eigenvalue weighted by Crippen LogP contribution is -2.18. The van der Waals surface area contributed by atoms with Gasteiger partial charge in [0.05, 0.1) is 23.6 Å². The molecule has 0 bridgehead atoms. The Morgan fingerprint density at radius 1 is 1.27 bits per heavy atom. The molecule has 0 aliphatic carbocycles. The molecule has 0 atom stereocenters. The minimum atomic E-state index is -0.465. The predicted octanol–water partition coefficient (Wildman–Crippen LogP) is 3.44. The summed E-state index contributed by atoms with van der Waals surface area (Å²) < 4.78 is 6.83. The lowest BCUT2D eigenvalue weighted by Gasteiger charge is -2.08. The first kappa shape index (κ1) is 17.8. The molecule has 0 saturated carbocycles. The molecule has 0 amide bonds. The van der Waals surface area contributed by atoms with Crippen LogP contribution in [0.2, 0.25) is 0 Å². The van der Waals surface area contributed by atoms with Crippen LogP contribution < -0.4 is 5.56 Å². The molecule has 0 aliphatic rings. The first-order chi connectivity index (χ1) is 12.5. The number of aromatic amines is 1. The fraction of sp³-hybridized carbons (Fsp3) is 0.158. The van der Waals surface area contributed by atoms with Crippen LogP contribution in [0, 0.1) is 11.6 Å². The van der Waals surface area contributed by atoms with Crippen LogP contribution in [0.4, 0.5) is 0 Å². The summed E-state index contributed by atoms with van der Waals surface area (Å²) in [6, 6.07) is 10.5. The number of benzene rings is 1. The summed E-state index contributed by atoms with van der Waals surface area (Å²) >= 11 is 5.27. The van der Waals surface area contributed by atoms with Crippen LogP contribution in [0.5, 0.6) is 0 Å². The van der Waals surface area contributed by atoms with E-state index in [1.165, 1.54) is 23.2 Å². The minimum Gasteiger partial charge on any atom is -0.462 e. The van der Waals surface area contributed by atoms with Gasteiger partial charge in [0, 0.05) is 17.8 Å². The maximum Gasteiger partial charge on any atom is 0.339 e. The van der Waals surface area contributed by atoms with Crippen LogP contribution in [-0.2, 0) is 4.74 Å². The van der Waals surface area contributed by atoms with Gasteiger partial charge in [0.2, 0.25) is 0 Å². The number of aryl methyl sites for hydroxylation is 1. The Bertz CT molecular complexity index is 1070. The molecule has 0 spiro atoms. The van der Waals surface area contributed by atoms with Gasteiger partial charge in [0.25, 0.3) is 5.56 Å². The van der Waals surface area contributed by atoms with Crippen molar-refractivity contribution in [3.05, 3.63) is 75.0 Å². The van der Waals surface area contributed by atoms with Gasteiger partial charge >= 0.3 is 5.97 Å². The van der Waals surface area contributed by atoms with E-state index in [2.05, 4.69) is 9.97 Å². The fourth-order valence-corrected chi connectivity index (χ4v) is 2.68. The van der Waals surface area contributed by atoms with Crippen LogP contribution in [0.1, 0.15) is 22.8 Å². The van der Waals surface area contributed by atoms with Crippen molar-refractivity contribution in [1.29, 1.82) is 0 Å². The SMILES string of the molecule is CCOC(=O)c1c[nH]c(=S)c(-c2cc(=O)n(-c3ccc(C)cc3)cn2)c1. The van der Waals surface area contributed by atoms with Gasteiger partial charge in [-0.15, -0.1) is 0 Å². The van der Waals surface area contributed by atoms with Gasteiger partial charge in [-0.3, -0.25) is 9.36 Å². The van der Waals surface area contributed by atoms with Gasteiger partial charge in [-0.25, -0.2) is 9.78 Å². The lowest BCUT2D eigenvalue weighted by atomic mass is 10.1. The molecule has 3 rings (SSSR count). The third-order valence-electron chi connectivity index (χ3n) is 3.81. The molecule has 0 saturated heterocycles. The van der Waals surface area contributed by atoms with Crippen molar-refractivity contribution in [2.75, 3.05) is 6.61 Å². The third kappa shape index (κ3) is 3.62. The molecule has 2 aromatic heterocycles. The predicted molar refractivity (Wildman–Crippen MR) is 101 cm³/mol.